The second-order valence-corrected chi connectivity index (χ2v) is 14.3. The Morgan fingerprint density at radius 2 is 1.13 bits per heavy atom. The van der Waals surface area contributed by atoms with Gasteiger partial charge in [0.25, 0.3) is 0 Å². The van der Waals surface area contributed by atoms with Crippen LogP contribution in [-0.2, 0) is 0 Å². The smallest absolute Gasteiger partial charge is 0.209 e. The van der Waals surface area contributed by atoms with Crippen LogP contribution < -0.4 is 21.3 Å². The number of fused-ring (bicyclic) bond motifs is 3. The zero-order valence-corrected chi connectivity index (χ0v) is 30.1. The van der Waals surface area contributed by atoms with Crippen molar-refractivity contribution in [2.24, 2.45) is 4.99 Å². The van der Waals surface area contributed by atoms with Gasteiger partial charge in [0.05, 0.1) is 6.04 Å². The largest absolute Gasteiger partial charge is 0.456 e. The Kier molecular flexibility index (Phi) is 8.52. The summed E-state index contributed by atoms with van der Waals surface area (Å²) in [5, 5.41) is 15.9. The highest BCUT2D eigenvalue weighted by Gasteiger charge is 2.30. The monoisotopic (exact) mass is 714 g/mol. The maximum atomic E-state index is 6.60. The van der Waals surface area contributed by atoms with Crippen LogP contribution in [0, 0.1) is 0 Å². The van der Waals surface area contributed by atoms with E-state index in [1.165, 1.54) is 16.7 Å². The molecule has 0 amide bonds. The minimum Gasteiger partial charge on any atom is -0.456 e. The van der Waals surface area contributed by atoms with Crippen LogP contribution in [0.3, 0.4) is 0 Å². The normalized spacial score (nSPS) is 19.6. The van der Waals surface area contributed by atoms with E-state index < -0.39 is 0 Å². The van der Waals surface area contributed by atoms with E-state index in [1.807, 2.05) is 6.07 Å². The van der Waals surface area contributed by atoms with Crippen LogP contribution in [0.25, 0.3) is 38.8 Å². The average Bonchev–Trinajstić information content (AvgIpc) is 3.66. The van der Waals surface area contributed by atoms with Crippen molar-refractivity contribution in [3.05, 3.63) is 221 Å². The first-order chi connectivity index (χ1) is 27.2. The lowest BCUT2D eigenvalue weighted by Crippen LogP contribution is -2.90. The highest BCUT2D eigenvalue weighted by Crippen LogP contribution is 2.40. The zero-order valence-electron chi connectivity index (χ0n) is 30.1. The molecule has 3 heterocycles. The van der Waals surface area contributed by atoms with Crippen LogP contribution in [0.1, 0.15) is 57.9 Å². The predicted molar refractivity (Wildman–Crippen MR) is 222 cm³/mol. The Morgan fingerprint density at radius 3 is 1.85 bits per heavy atom. The first kappa shape index (κ1) is 32.9. The molecular formula is C49H40N5O+. The van der Waals surface area contributed by atoms with Gasteiger partial charge in [-0.15, -0.1) is 0 Å². The lowest BCUT2D eigenvalue weighted by atomic mass is 9.92. The zero-order chi connectivity index (χ0) is 36.6. The Bertz CT molecular complexity index is 2650. The molecule has 0 aliphatic carbocycles. The molecule has 0 bridgehead atoms. The molecule has 8 aromatic rings. The molecule has 0 radical (unpaired) electrons. The summed E-state index contributed by atoms with van der Waals surface area (Å²) < 4.78 is 6.60. The number of benzene rings is 7. The molecular weight excluding hydrogens is 675 g/mol. The SMILES string of the molecule is C1=C(c2ccccc2)NC(c2ccccc2)NC1c1cc(-c2ccc(C3=NC(c4ccccc4)[NH2+]C(c4ccccc4)N3)cc2)c2c(c1)oc1ccccc12. The number of hydrogen-bond donors (Lipinski definition) is 4. The van der Waals surface area contributed by atoms with Crippen molar-refractivity contribution < 1.29 is 9.73 Å². The Balaban J connectivity index is 1.06. The third-order valence-corrected chi connectivity index (χ3v) is 10.8. The van der Waals surface area contributed by atoms with Crippen LogP contribution >= 0.6 is 0 Å². The summed E-state index contributed by atoms with van der Waals surface area (Å²) >= 11 is 0. The van der Waals surface area contributed by atoms with Crippen molar-refractivity contribution in [1.29, 1.82) is 0 Å². The van der Waals surface area contributed by atoms with E-state index in [0.29, 0.717) is 0 Å². The van der Waals surface area contributed by atoms with Gasteiger partial charge in [-0.25, -0.2) is 4.99 Å². The van der Waals surface area contributed by atoms with Crippen molar-refractivity contribution in [1.82, 2.24) is 16.0 Å². The molecule has 4 unspecified atom stereocenters. The van der Waals surface area contributed by atoms with Crippen molar-refractivity contribution >= 4 is 33.5 Å². The average molecular weight is 715 g/mol. The molecule has 0 spiro atoms. The second kappa shape index (κ2) is 14.3. The summed E-state index contributed by atoms with van der Waals surface area (Å²) in [5.41, 5.74) is 12.0. The molecule has 1 aromatic heterocycles. The summed E-state index contributed by atoms with van der Waals surface area (Å²) in [6.45, 7) is 0. The maximum Gasteiger partial charge on any atom is 0.209 e. The molecule has 0 saturated carbocycles. The molecule has 266 valence electrons. The van der Waals surface area contributed by atoms with Crippen molar-refractivity contribution in [2.45, 2.75) is 24.5 Å². The van der Waals surface area contributed by atoms with E-state index in [4.69, 9.17) is 9.41 Å². The van der Waals surface area contributed by atoms with E-state index in [0.717, 1.165) is 61.3 Å². The van der Waals surface area contributed by atoms with Gasteiger partial charge in [0, 0.05) is 33.2 Å². The molecule has 10 rings (SSSR count). The fourth-order valence-electron chi connectivity index (χ4n) is 7.99. The molecule has 4 atom stereocenters. The highest BCUT2D eigenvalue weighted by molar-refractivity contribution is 6.13. The number of hydrogen-bond acceptors (Lipinski definition) is 5. The lowest BCUT2D eigenvalue weighted by molar-refractivity contribution is -0.739. The summed E-state index contributed by atoms with van der Waals surface area (Å²) in [4.78, 5) is 5.24. The van der Waals surface area contributed by atoms with Crippen LogP contribution in [0.2, 0.25) is 0 Å². The third-order valence-electron chi connectivity index (χ3n) is 10.8. The van der Waals surface area contributed by atoms with Gasteiger partial charge in [0.2, 0.25) is 6.17 Å². The van der Waals surface area contributed by atoms with E-state index >= 15 is 0 Å². The fourth-order valence-corrected chi connectivity index (χ4v) is 7.99. The van der Waals surface area contributed by atoms with Crippen LogP contribution in [0.15, 0.2) is 197 Å². The number of para-hydroxylation sites is 1. The first-order valence-corrected chi connectivity index (χ1v) is 18.9. The van der Waals surface area contributed by atoms with Crippen molar-refractivity contribution in [3.63, 3.8) is 0 Å². The van der Waals surface area contributed by atoms with E-state index in [1.54, 1.807) is 0 Å². The minimum absolute atomic E-state index is 0.0261. The van der Waals surface area contributed by atoms with Crippen LogP contribution in [-0.4, -0.2) is 5.84 Å². The standard InChI is InChI=1S/C49H39N5O/c1-5-15-33(16-6-1)41-31-42(51-46(50-41)34-17-7-2-8-18-34)38-29-40(45-39-23-13-14-24-43(39)55-44(45)30-38)32-25-27-37(28-26-32)49-53-47(35-19-9-3-10-20-35)52-48(54-49)36-21-11-4-12-22-36/h1-31,42,46-48,50-52H,(H,53,54)/p+1. The van der Waals surface area contributed by atoms with E-state index in [-0.39, 0.29) is 24.5 Å². The van der Waals surface area contributed by atoms with Crippen molar-refractivity contribution in [2.75, 3.05) is 0 Å². The van der Waals surface area contributed by atoms with Crippen LogP contribution in [0.4, 0.5) is 0 Å². The van der Waals surface area contributed by atoms with Gasteiger partial charge in [-0.1, -0.05) is 164 Å². The summed E-state index contributed by atoms with van der Waals surface area (Å²) in [5.74, 6) is 0.883. The van der Waals surface area contributed by atoms with Crippen LogP contribution in [0.5, 0.6) is 0 Å². The fraction of sp³-hybridized carbons (Fsp3) is 0.0816. The van der Waals surface area contributed by atoms with E-state index in [9.17, 15) is 0 Å². The summed E-state index contributed by atoms with van der Waals surface area (Å²) in [6, 6.07) is 63.9. The summed E-state index contributed by atoms with van der Waals surface area (Å²) in [6.07, 6.45) is 2.17. The van der Waals surface area contributed by atoms with E-state index in [2.05, 4.69) is 203 Å². The number of amidine groups is 1. The molecule has 5 N–H and O–H groups in total. The number of quaternary nitrogens is 1. The molecule has 6 heteroatoms. The molecule has 7 aromatic carbocycles. The molecule has 2 aliphatic heterocycles. The highest BCUT2D eigenvalue weighted by atomic mass is 16.3. The summed E-state index contributed by atoms with van der Waals surface area (Å²) in [7, 11) is 0. The van der Waals surface area contributed by atoms with Crippen molar-refractivity contribution in [3.8, 4) is 11.1 Å². The quantitative estimate of drug-likeness (QED) is 0.133. The number of aliphatic imine (C=N–C) groups is 1. The third kappa shape index (κ3) is 6.48. The molecule has 55 heavy (non-hydrogen) atoms. The number of furan rings is 1. The molecule has 2 aliphatic rings. The van der Waals surface area contributed by atoms with Gasteiger partial charge >= 0.3 is 0 Å². The number of rotatable bonds is 7. The second-order valence-electron chi connectivity index (χ2n) is 14.3. The Hall–Kier alpha value is -6.73. The topological polar surface area (TPSA) is 78.2 Å². The first-order valence-electron chi connectivity index (χ1n) is 18.9. The lowest BCUT2D eigenvalue weighted by Gasteiger charge is -2.33. The minimum atomic E-state index is -0.0841. The number of nitrogens with two attached hydrogens (primary N) is 1. The number of nitrogens with one attached hydrogen (secondary N) is 3. The van der Waals surface area contributed by atoms with Gasteiger partial charge in [-0.05, 0) is 52.1 Å². The Morgan fingerprint density at radius 1 is 0.509 bits per heavy atom. The van der Waals surface area contributed by atoms with Gasteiger partial charge in [-0.2, -0.15) is 0 Å². The molecule has 0 saturated heterocycles. The number of nitrogens with zero attached hydrogens (tertiary/aromatic N) is 1. The predicted octanol–water partition coefficient (Wildman–Crippen LogP) is 9.54. The molecule has 0 fully saturated rings. The van der Waals surface area contributed by atoms with Gasteiger partial charge in [0.15, 0.2) is 6.17 Å². The van der Waals surface area contributed by atoms with Gasteiger partial charge < -0.3 is 15.1 Å². The molecule has 6 nitrogen and oxygen atoms in total. The van der Waals surface area contributed by atoms with Gasteiger partial charge in [0.1, 0.15) is 23.2 Å². The Labute approximate surface area is 320 Å². The maximum absolute atomic E-state index is 6.60. The van der Waals surface area contributed by atoms with Gasteiger partial charge in [-0.3, -0.25) is 10.6 Å².